The van der Waals surface area contributed by atoms with E-state index >= 15 is 0 Å². The van der Waals surface area contributed by atoms with E-state index in [1.54, 1.807) is 0 Å². The summed E-state index contributed by atoms with van der Waals surface area (Å²) in [5.74, 6) is 0. The largest absolute Gasteiger partial charge is 0.312 e. The standard InChI is InChI=1S/C17H32N2S/c1-6-17(5,19(8-3)9-4)16(18-7-2)13-12-15-11-10-14-20-15/h10-11,14,16,18H,6-9,12-13H2,1-5H3. The number of hydrogen-bond donors (Lipinski definition) is 1. The predicted octanol–water partition coefficient (Wildman–Crippen LogP) is 4.17. The van der Waals surface area contributed by atoms with Crippen molar-refractivity contribution in [2.75, 3.05) is 19.6 Å². The van der Waals surface area contributed by atoms with Crippen LogP contribution in [-0.2, 0) is 6.42 Å². The number of nitrogens with zero attached hydrogens (tertiary/aromatic N) is 1. The highest BCUT2D eigenvalue weighted by molar-refractivity contribution is 7.09. The Morgan fingerprint density at radius 1 is 1.25 bits per heavy atom. The second kappa shape index (κ2) is 8.81. The maximum absolute atomic E-state index is 3.75. The molecule has 1 heterocycles. The van der Waals surface area contributed by atoms with E-state index in [0.717, 1.165) is 19.6 Å². The Kier molecular flexibility index (Phi) is 7.78. The van der Waals surface area contributed by atoms with Crippen molar-refractivity contribution in [1.82, 2.24) is 10.2 Å². The van der Waals surface area contributed by atoms with Gasteiger partial charge in [-0.1, -0.05) is 33.8 Å². The molecule has 0 aliphatic heterocycles. The van der Waals surface area contributed by atoms with Crippen molar-refractivity contribution in [3.63, 3.8) is 0 Å². The molecule has 1 aromatic heterocycles. The summed E-state index contributed by atoms with van der Waals surface area (Å²) in [5, 5.41) is 5.93. The first-order valence-corrected chi connectivity index (χ1v) is 9.01. The van der Waals surface area contributed by atoms with E-state index in [4.69, 9.17) is 0 Å². The van der Waals surface area contributed by atoms with Gasteiger partial charge in [0, 0.05) is 16.5 Å². The van der Waals surface area contributed by atoms with Gasteiger partial charge in [0.2, 0.25) is 0 Å². The second-order valence-electron chi connectivity index (χ2n) is 5.61. The number of thiophene rings is 1. The van der Waals surface area contributed by atoms with Crippen LogP contribution in [0, 0.1) is 0 Å². The molecule has 0 aliphatic carbocycles. The van der Waals surface area contributed by atoms with Crippen LogP contribution in [0.3, 0.4) is 0 Å². The molecule has 0 fully saturated rings. The summed E-state index contributed by atoms with van der Waals surface area (Å²) in [4.78, 5) is 4.13. The molecule has 0 saturated heterocycles. The molecule has 0 aromatic carbocycles. The van der Waals surface area contributed by atoms with Gasteiger partial charge in [-0.25, -0.2) is 0 Å². The van der Waals surface area contributed by atoms with Crippen molar-refractivity contribution in [2.24, 2.45) is 0 Å². The third-order valence-corrected chi connectivity index (χ3v) is 5.60. The lowest BCUT2D eigenvalue weighted by atomic mass is 9.84. The first-order chi connectivity index (χ1) is 9.62. The smallest absolute Gasteiger partial charge is 0.0331 e. The van der Waals surface area contributed by atoms with Gasteiger partial charge in [-0.2, -0.15) is 0 Å². The maximum Gasteiger partial charge on any atom is 0.0331 e. The molecule has 2 unspecified atom stereocenters. The van der Waals surface area contributed by atoms with Crippen LogP contribution in [0.5, 0.6) is 0 Å². The van der Waals surface area contributed by atoms with Crippen molar-refractivity contribution in [3.8, 4) is 0 Å². The highest BCUT2D eigenvalue weighted by Gasteiger charge is 2.36. The zero-order valence-electron chi connectivity index (χ0n) is 13.9. The van der Waals surface area contributed by atoms with E-state index in [1.165, 1.54) is 24.1 Å². The van der Waals surface area contributed by atoms with Gasteiger partial charge in [0.25, 0.3) is 0 Å². The normalized spacial score (nSPS) is 16.3. The van der Waals surface area contributed by atoms with E-state index in [1.807, 2.05) is 11.3 Å². The summed E-state index contributed by atoms with van der Waals surface area (Å²) in [7, 11) is 0. The molecular weight excluding hydrogens is 264 g/mol. The number of aryl methyl sites for hydroxylation is 1. The fourth-order valence-electron chi connectivity index (χ4n) is 3.26. The van der Waals surface area contributed by atoms with E-state index < -0.39 is 0 Å². The molecule has 0 aliphatic rings. The van der Waals surface area contributed by atoms with E-state index in [9.17, 15) is 0 Å². The molecule has 0 amide bonds. The highest BCUT2D eigenvalue weighted by atomic mass is 32.1. The van der Waals surface area contributed by atoms with Gasteiger partial charge in [-0.15, -0.1) is 11.3 Å². The lowest BCUT2D eigenvalue weighted by molar-refractivity contribution is 0.0675. The van der Waals surface area contributed by atoms with Crippen molar-refractivity contribution in [1.29, 1.82) is 0 Å². The van der Waals surface area contributed by atoms with Crippen LogP contribution in [-0.4, -0.2) is 36.1 Å². The Balaban J connectivity index is 2.79. The first kappa shape index (κ1) is 17.7. The van der Waals surface area contributed by atoms with Gasteiger partial charge in [-0.3, -0.25) is 4.90 Å². The highest BCUT2D eigenvalue weighted by Crippen LogP contribution is 2.27. The molecule has 2 nitrogen and oxygen atoms in total. The maximum atomic E-state index is 3.75. The lowest BCUT2D eigenvalue weighted by Gasteiger charge is -2.46. The van der Waals surface area contributed by atoms with Crippen molar-refractivity contribution >= 4 is 11.3 Å². The van der Waals surface area contributed by atoms with Gasteiger partial charge >= 0.3 is 0 Å². The molecule has 0 spiro atoms. The number of hydrogen-bond acceptors (Lipinski definition) is 3. The van der Waals surface area contributed by atoms with Gasteiger partial charge in [0.1, 0.15) is 0 Å². The zero-order chi connectivity index (χ0) is 15.0. The van der Waals surface area contributed by atoms with Crippen molar-refractivity contribution in [3.05, 3.63) is 22.4 Å². The topological polar surface area (TPSA) is 15.3 Å². The molecule has 2 atom stereocenters. The molecule has 1 aromatic rings. The summed E-state index contributed by atoms with van der Waals surface area (Å²) in [6.45, 7) is 14.8. The molecule has 3 heteroatoms. The molecule has 1 N–H and O–H groups in total. The minimum Gasteiger partial charge on any atom is -0.312 e. The number of rotatable bonds is 10. The van der Waals surface area contributed by atoms with Crippen LogP contribution in [0.25, 0.3) is 0 Å². The number of likely N-dealkylation sites (N-methyl/N-ethyl adjacent to an activating group) is 2. The Bertz CT molecular complexity index is 346. The molecule has 20 heavy (non-hydrogen) atoms. The van der Waals surface area contributed by atoms with E-state index in [0.29, 0.717) is 6.04 Å². The molecule has 0 saturated carbocycles. The van der Waals surface area contributed by atoms with Gasteiger partial charge in [-0.05, 0) is 57.3 Å². The SMILES string of the molecule is CCNC(CCc1cccs1)C(C)(CC)N(CC)CC. The van der Waals surface area contributed by atoms with Crippen LogP contribution in [0.15, 0.2) is 17.5 Å². The summed E-state index contributed by atoms with van der Waals surface area (Å²) in [6, 6.07) is 4.97. The Morgan fingerprint density at radius 2 is 1.95 bits per heavy atom. The molecule has 0 radical (unpaired) electrons. The quantitative estimate of drug-likeness (QED) is 0.697. The predicted molar refractivity (Wildman–Crippen MR) is 91.7 cm³/mol. The monoisotopic (exact) mass is 296 g/mol. The molecule has 1 rings (SSSR count). The molecular formula is C17H32N2S. The summed E-state index contributed by atoms with van der Waals surface area (Å²) in [6.07, 6.45) is 3.60. The molecule has 0 bridgehead atoms. The van der Waals surface area contributed by atoms with Crippen LogP contribution in [0.1, 0.15) is 52.3 Å². The van der Waals surface area contributed by atoms with E-state index in [2.05, 4.69) is 62.3 Å². The van der Waals surface area contributed by atoms with Gasteiger partial charge in [0.05, 0.1) is 0 Å². The minimum atomic E-state index is 0.247. The summed E-state index contributed by atoms with van der Waals surface area (Å²) < 4.78 is 0. The average molecular weight is 297 g/mol. The van der Waals surface area contributed by atoms with Crippen LogP contribution < -0.4 is 5.32 Å². The molecule has 116 valence electrons. The van der Waals surface area contributed by atoms with Crippen molar-refractivity contribution < 1.29 is 0 Å². The zero-order valence-corrected chi connectivity index (χ0v) is 14.7. The Labute approximate surface area is 129 Å². The fraction of sp³-hybridized carbons (Fsp3) is 0.765. The summed E-state index contributed by atoms with van der Waals surface area (Å²) in [5.41, 5.74) is 0.247. The Morgan fingerprint density at radius 3 is 2.40 bits per heavy atom. The van der Waals surface area contributed by atoms with Crippen LogP contribution >= 0.6 is 11.3 Å². The number of nitrogens with one attached hydrogen (secondary N) is 1. The van der Waals surface area contributed by atoms with Crippen LogP contribution in [0.2, 0.25) is 0 Å². The fourth-order valence-corrected chi connectivity index (χ4v) is 3.98. The first-order valence-electron chi connectivity index (χ1n) is 8.13. The lowest BCUT2D eigenvalue weighted by Crippen LogP contribution is -2.59. The third-order valence-electron chi connectivity index (χ3n) is 4.66. The average Bonchev–Trinajstić information content (AvgIpc) is 2.97. The van der Waals surface area contributed by atoms with Crippen LogP contribution in [0.4, 0.5) is 0 Å². The summed E-state index contributed by atoms with van der Waals surface area (Å²) >= 11 is 1.88. The van der Waals surface area contributed by atoms with Gasteiger partial charge < -0.3 is 5.32 Å². The van der Waals surface area contributed by atoms with Gasteiger partial charge in [0.15, 0.2) is 0 Å². The Hall–Kier alpha value is -0.380. The minimum absolute atomic E-state index is 0.247. The van der Waals surface area contributed by atoms with E-state index in [-0.39, 0.29) is 5.54 Å². The van der Waals surface area contributed by atoms with Crippen molar-refractivity contribution in [2.45, 2.75) is 65.5 Å². The third kappa shape index (κ3) is 4.31. The second-order valence-corrected chi connectivity index (χ2v) is 6.64.